The van der Waals surface area contributed by atoms with Crippen LogP contribution in [0.1, 0.15) is 11.3 Å². The van der Waals surface area contributed by atoms with Crippen LogP contribution in [0.2, 0.25) is 0 Å². The summed E-state index contributed by atoms with van der Waals surface area (Å²) in [7, 11) is 0. The van der Waals surface area contributed by atoms with Gasteiger partial charge < -0.3 is 0 Å². The molecule has 0 fully saturated rings. The maximum absolute atomic E-state index is 4.92. The molecule has 0 unspecified atom stereocenters. The quantitative estimate of drug-likeness (QED) is 0.294. The van der Waals surface area contributed by atoms with E-state index in [1.165, 1.54) is 22.1 Å². The first-order valence-corrected chi connectivity index (χ1v) is 10.5. The fourth-order valence-corrected chi connectivity index (χ4v) is 4.55. The number of rotatable bonds is 2. The Labute approximate surface area is 180 Å². The first kappa shape index (κ1) is 17.8. The molecule has 0 bridgehead atoms. The third-order valence-electron chi connectivity index (χ3n) is 6.24. The highest BCUT2D eigenvalue weighted by Gasteiger charge is 2.17. The second-order valence-corrected chi connectivity index (χ2v) is 8.02. The first-order valence-electron chi connectivity index (χ1n) is 10.5. The van der Waals surface area contributed by atoms with E-state index in [9.17, 15) is 0 Å². The fraction of sp³-hybridized carbons (Fsp3) is 0.0714. The molecule has 3 aromatic heterocycles. The van der Waals surface area contributed by atoms with Crippen molar-refractivity contribution in [1.82, 2.24) is 14.6 Å². The zero-order valence-electron chi connectivity index (χ0n) is 17.5. The molecule has 3 heteroatoms. The lowest BCUT2D eigenvalue weighted by Crippen LogP contribution is -1.97. The number of aromatic nitrogens is 3. The van der Waals surface area contributed by atoms with Crippen molar-refractivity contribution in [2.75, 3.05) is 0 Å². The molecule has 0 amide bonds. The van der Waals surface area contributed by atoms with E-state index in [4.69, 9.17) is 10.1 Å². The minimum atomic E-state index is 0.982. The summed E-state index contributed by atoms with van der Waals surface area (Å²) in [5.74, 6) is 0. The Morgan fingerprint density at radius 1 is 0.613 bits per heavy atom. The van der Waals surface area contributed by atoms with E-state index >= 15 is 0 Å². The maximum atomic E-state index is 4.92. The van der Waals surface area contributed by atoms with E-state index in [0.29, 0.717) is 0 Å². The van der Waals surface area contributed by atoms with E-state index in [0.717, 1.165) is 38.8 Å². The number of aryl methyl sites for hydroxylation is 2. The van der Waals surface area contributed by atoms with E-state index < -0.39 is 0 Å². The van der Waals surface area contributed by atoms with Gasteiger partial charge in [0.1, 0.15) is 0 Å². The molecule has 0 saturated carbocycles. The van der Waals surface area contributed by atoms with Gasteiger partial charge in [-0.1, -0.05) is 78.9 Å². The summed E-state index contributed by atoms with van der Waals surface area (Å²) in [5, 5.41) is 7.27. The van der Waals surface area contributed by atoms with Gasteiger partial charge in [0.25, 0.3) is 0 Å². The van der Waals surface area contributed by atoms with Gasteiger partial charge >= 0.3 is 0 Å². The number of hydrogen-bond donors (Lipinski definition) is 0. The predicted octanol–water partition coefficient (Wildman–Crippen LogP) is 6.99. The molecule has 0 radical (unpaired) electrons. The van der Waals surface area contributed by atoms with Gasteiger partial charge in [-0.15, -0.1) is 0 Å². The molecule has 148 valence electrons. The highest BCUT2D eigenvalue weighted by molar-refractivity contribution is 6.14. The Morgan fingerprint density at radius 3 is 2.03 bits per heavy atom. The summed E-state index contributed by atoms with van der Waals surface area (Å²) in [6.07, 6.45) is 1.91. The van der Waals surface area contributed by atoms with Gasteiger partial charge in [0, 0.05) is 22.5 Å². The van der Waals surface area contributed by atoms with Crippen LogP contribution >= 0.6 is 0 Å². The van der Waals surface area contributed by atoms with Gasteiger partial charge in [-0.25, -0.2) is 4.52 Å². The molecule has 31 heavy (non-hydrogen) atoms. The van der Waals surface area contributed by atoms with Crippen molar-refractivity contribution in [2.45, 2.75) is 13.8 Å². The molecule has 3 heterocycles. The van der Waals surface area contributed by atoms with Crippen molar-refractivity contribution in [3.05, 3.63) is 102 Å². The molecule has 0 spiro atoms. The number of fused-ring (bicyclic) bond motifs is 6. The number of benzene rings is 3. The molecule has 6 aromatic rings. The highest BCUT2D eigenvalue weighted by Crippen LogP contribution is 2.36. The van der Waals surface area contributed by atoms with Crippen LogP contribution in [0.25, 0.3) is 49.6 Å². The summed E-state index contributed by atoms with van der Waals surface area (Å²) in [6, 6.07) is 29.8. The van der Waals surface area contributed by atoms with Gasteiger partial charge in [0.2, 0.25) is 0 Å². The van der Waals surface area contributed by atoms with Crippen LogP contribution in [0.3, 0.4) is 0 Å². The first-order chi connectivity index (χ1) is 15.2. The highest BCUT2D eigenvalue weighted by atomic mass is 15.2. The second kappa shape index (κ2) is 6.78. The smallest absolute Gasteiger partial charge is 0.0994 e. The Hall–Kier alpha value is -3.98. The van der Waals surface area contributed by atoms with Crippen LogP contribution < -0.4 is 0 Å². The summed E-state index contributed by atoms with van der Waals surface area (Å²) < 4.78 is 2.09. The number of pyridine rings is 2. The summed E-state index contributed by atoms with van der Waals surface area (Å²) in [5.41, 5.74) is 10.2. The summed E-state index contributed by atoms with van der Waals surface area (Å²) in [6.45, 7) is 4.23. The molecule has 0 atom stereocenters. The lowest BCUT2D eigenvalue weighted by Gasteiger charge is -2.12. The third-order valence-corrected chi connectivity index (χ3v) is 6.24. The second-order valence-electron chi connectivity index (χ2n) is 8.02. The topological polar surface area (TPSA) is 30.2 Å². The minimum absolute atomic E-state index is 0.982. The molecule has 3 aromatic carbocycles. The minimum Gasteiger partial charge on any atom is -0.254 e. The molecule has 0 aliphatic rings. The average Bonchev–Trinajstić information content (AvgIpc) is 3.14. The van der Waals surface area contributed by atoms with Crippen LogP contribution in [0.15, 0.2) is 91.1 Å². The fourth-order valence-electron chi connectivity index (χ4n) is 4.55. The summed E-state index contributed by atoms with van der Waals surface area (Å²) in [4.78, 5) is 4.79. The number of nitrogens with zero attached hydrogens (tertiary/aromatic N) is 3. The molecule has 6 rings (SSSR count). The van der Waals surface area contributed by atoms with E-state index in [1.807, 2.05) is 12.3 Å². The molecular weight excluding hydrogens is 378 g/mol. The van der Waals surface area contributed by atoms with Crippen molar-refractivity contribution in [3.8, 4) is 22.3 Å². The van der Waals surface area contributed by atoms with Crippen LogP contribution in [-0.4, -0.2) is 14.6 Å². The normalized spacial score (nSPS) is 11.5. The van der Waals surface area contributed by atoms with E-state index in [-0.39, 0.29) is 0 Å². The van der Waals surface area contributed by atoms with Gasteiger partial charge in [-0.2, -0.15) is 5.10 Å². The Bertz CT molecular complexity index is 1580. The molecule has 0 saturated heterocycles. The SMILES string of the molecule is Cc1nn2c(c1C)c1ccccc1c1nccc(-c3ccc(-c4ccccc4)cc3)c12. The van der Waals surface area contributed by atoms with Crippen molar-refractivity contribution in [3.63, 3.8) is 0 Å². The Kier molecular flexibility index (Phi) is 3.90. The van der Waals surface area contributed by atoms with Crippen LogP contribution in [0.4, 0.5) is 0 Å². The van der Waals surface area contributed by atoms with Gasteiger partial charge in [-0.05, 0) is 42.2 Å². The summed E-state index contributed by atoms with van der Waals surface area (Å²) >= 11 is 0. The molecular formula is C28H21N3. The lowest BCUT2D eigenvalue weighted by molar-refractivity contribution is 0.971. The monoisotopic (exact) mass is 399 g/mol. The van der Waals surface area contributed by atoms with E-state index in [2.05, 4.69) is 97.2 Å². The standard InChI is InChI=1S/C28H21N3/c1-18-19(2)30-31-27(18)25-11-7-6-10-24(25)26-28(31)23(16-17-29-26)22-14-12-21(13-15-22)20-8-4-3-5-9-20/h3-17H,1-2H3. The maximum Gasteiger partial charge on any atom is 0.0994 e. The van der Waals surface area contributed by atoms with Gasteiger partial charge in [-0.3, -0.25) is 4.98 Å². The molecule has 0 aliphatic carbocycles. The third kappa shape index (κ3) is 2.67. The Balaban J connectivity index is 1.67. The Morgan fingerprint density at radius 2 is 1.26 bits per heavy atom. The zero-order chi connectivity index (χ0) is 20.9. The van der Waals surface area contributed by atoms with Crippen LogP contribution in [0.5, 0.6) is 0 Å². The largest absolute Gasteiger partial charge is 0.254 e. The van der Waals surface area contributed by atoms with E-state index in [1.54, 1.807) is 0 Å². The van der Waals surface area contributed by atoms with Crippen molar-refractivity contribution >= 4 is 27.3 Å². The average molecular weight is 399 g/mol. The van der Waals surface area contributed by atoms with Gasteiger partial charge in [0.15, 0.2) is 0 Å². The number of hydrogen-bond acceptors (Lipinski definition) is 2. The van der Waals surface area contributed by atoms with Crippen molar-refractivity contribution < 1.29 is 0 Å². The lowest BCUT2D eigenvalue weighted by atomic mass is 9.98. The zero-order valence-corrected chi connectivity index (χ0v) is 17.5. The molecule has 0 N–H and O–H groups in total. The molecule has 0 aliphatic heterocycles. The van der Waals surface area contributed by atoms with Crippen LogP contribution in [0, 0.1) is 13.8 Å². The van der Waals surface area contributed by atoms with Crippen molar-refractivity contribution in [1.29, 1.82) is 0 Å². The van der Waals surface area contributed by atoms with Crippen LogP contribution in [-0.2, 0) is 0 Å². The molecule has 3 nitrogen and oxygen atoms in total. The van der Waals surface area contributed by atoms with Gasteiger partial charge in [0.05, 0.1) is 22.2 Å². The predicted molar refractivity (Wildman–Crippen MR) is 128 cm³/mol. The van der Waals surface area contributed by atoms with Crippen molar-refractivity contribution in [2.24, 2.45) is 0 Å².